The topological polar surface area (TPSA) is 78.9 Å². The number of unbranched alkanes of at least 4 members (excludes halogenated alkanes) is 19. The van der Waals surface area contributed by atoms with Crippen molar-refractivity contribution in [1.82, 2.24) is 0 Å². The zero-order chi connectivity index (χ0) is 43.0. The Labute approximate surface area is 363 Å². The average molecular weight is 821 g/mol. The molecule has 1 unspecified atom stereocenters. The van der Waals surface area contributed by atoms with E-state index >= 15 is 0 Å². The van der Waals surface area contributed by atoms with E-state index in [-0.39, 0.29) is 38.0 Å². The van der Waals surface area contributed by atoms with Crippen molar-refractivity contribution in [3.8, 4) is 0 Å². The van der Waals surface area contributed by atoms with Gasteiger partial charge in [-0.25, -0.2) is 0 Å². The summed E-state index contributed by atoms with van der Waals surface area (Å²) in [5.41, 5.74) is 0. The molecule has 1 atom stereocenters. The summed E-state index contributed by atoms with van der Waals surface area (Å²) in [6, 6.07) is 0. The fraction of sp³-hybridized carbons (Fsp3) is 0.679. The third kappa shape index (κ3) is 45.5. The summed E-state index contributed by atoms with van der Waals surface area (Å²) in [7, 11) is 0. The fourth-order valence-corrected chi connectivity index (χ4v) is 6.31. The summed E-state index contributed by atoms with van der Waals surface area (Å²) in [5.74, 6) is -1.08. The lowest BCUT2D eigenvalue weighted by Gasteiger charge is -2.18. The van der Waals surface area contributed by atoms with Crippen LogP contribution in [0, 0.1) is 0 Å². The highest BCUT2D eigenvalue weighted by molar-refractivity contribution is 5.71. The predicted octanol–water partition coefficient (Wildman–Crippen LogP) is 15.6. The molecule has 59 heavy (non-hydrogen) atoms. The molecule has 0 aromatic heterocycles. The molecule has 0 aliphatic rings. The number of carbonyl (C=O) groups is 3. The van der Waals surface area contributed by atoms with Gasteiger partial charge in [0.25, 0.3) is 0 Å². The lowest BCUT2D eigenvalue weighted by atomic mass is 10.1. The monoisotopic (exact) mass is 821 g/mol. The van der Waals surface area contributed by atoms with Crippen LogP contribution in [0.5, 0.6) is 0 Å². The molecule has 0 heterocycles. The van der Waals surface area contributed by atoms with E-state index in [4.69, 9.17) is 14.2 Å². The maximum absolute atomic E-state index is 12.7. The fourth-order valence-electron chi connectivity index (χ4n) is 6.31. The minimum absolute atomic E-state index is 0.123. The van der Waals surface area contributed by atoms with Crippen LogP contribution in [0.15, 0.2) is 85.1 Å². The van der Waals surface area contributed by atoms with Crippen LogP contribution in [0.4, 0.5) is 0 Å². The van der Waals surface area contributed by atoms with Crippen LogP contribution >= 0.6 is 0 Å². The van der Waals surface area contributed by atoms with E-state index in [0.717, 1.165) is 57.8 Å². The van der Waals surface area contributed by atoms with Crippen LogP contribution in [0.3, 0.4) is 0 Å². The van der Waals surface area contributed by atoms with Gasteiger partial charge in [-0.15, -0.1) is 0 Å². The molecule has 0 aromatic carbocycles. The average Bonchev–Trinajstić information content (AvgIpc) is 3.23. The maximum atomic E-state index is 12.7. The summed E-state index contributed by atoms with van der Waals surface area (Å²) >= 11 is 0. The van der Waals surface area contributed by atoms with Crippen molar-refractivity contribution in [1.29, 1.82) is 0 Å². The van der Waals surface area contributed by atoms with Crippen molar-refractivity contribution in [3.63, 3.8) is 0 Å². The minimum Gasteiger partial charge on any atom is -0.462 e. The Morgan fingerprint density at radius 2 is 0.763 bits per heavy atom. The van der Waals surface area contributed by atoms with Crippen molar-refractivity contribution >= 4 is 17.9 Å². The Kier molecular flexibility index (Phi) is 44.5. The second-order valence-electron chi connectivity index (χ2n) is 15.7. The Bertz CT molecular complexity index is 1170. The third-order valence-corrected chi connectivity index (χ3v) is 9.94. The van der Waals surface area contributed by atoms with Gasteiger partial charge in [-0.3, -0.25) is 14.4 Å². The van der Waals surface area contributed by atoms with E-state index in [0.29, 0.717) is 19.3 Å². The Balaban J connectivity index is 4.54. The van der Waals surface area contributed by atoms with Crippen LogP contribution in [-0.4, -0.2) is 37.2 Å². The summed E-state index contributed by atoms with van der Waals surface area (Å²) in [5, 5.41) is 0. The highest BCUT2D eigenvalue weighted by Crippen LogP contribution is 2.12. The van der Waals surface area contributed by atoms with Crippen LogP contribution < -0.4 is 0 Å². The van der Waals surface area contributed by atoms with Crippen molar-refractivity contribution in [2.24, 2.45) is 0 Å². The highest BCUT2D eigenvalue weighted by atomic mass is 16.6. The number of allylic oxidation sites excluding steroid dienone is 14. The van der Waals surface area contributed by atoms with Crippen LogP contribution in [0.1, 0.15) is 213 Å². The maximum Gasteiger partial charge on any atom is 0.306 e. The molecule has 0 saturated carbocycles. The quantitative estimate of drug-likeness (QED) is 0.0201. The molecule has 6 nitrogen and oxygen atoms in total. The Morgan fingerprint density at radius 1 is 0.373 bits per heavy atom. The Hall–Kier alpha value is -3.41. The van der Waals surface area contributed by atoms with Crippen molar-refractivity contribution in [3.05, 3.63) is 85.1 Å². The summed E-state index contributed by atoms with van der Waals surface area (Å²) in [4.78, 5) is 37.8. The summed E-state index contributed by atoms with van der Waals surface area (Å²) in [6.07, 6.45) is 60.2. The minimum atomic E-state index is -0.833. The first-order chi connectivity index (χ1) is 29.0. The molecular formula is C53H88O6. The molecule has 0 spiro atoms. The van der Waals surface area contributed by atoms with Crippen LogP contribution in [-0.2, 0) is 28.6 Å². The number of hydrogen-bond acceptors (Lipinski definition) is 6. The van der Waals surface area contributed by atoms with Gasteiger partial charge in [0.2, 0.25) is 0 Å². The van der Waals surface area contributed by atoms with Crippen molar-refractivity contribution in [2.75, 3.05) is 13.2 Å². The largest absolute Gasteiger partial charge is 0.462 e. The van der Waals surface area contributed by atoms with Gasteiger partial charge in [0.05, 0.1) is 0 Å². The molecule has 0 amide bonds. The number of hydrogen-bond donors (Lipinski definition) is 0. The SMILES string of the molecule is CC\C=C/C=C\C=C/CCCCCCCCCC(=O)OCC(COC(=O)CC/C=C\C/C=C\CCCCCCCC)OC(=O)CC/C=C\C/C=C\CCCCCCCC. The summed E-state index contributed by atoms with van der Waals surface area (Å²) in [6.45, 7) is 6.36. The predicted molar refractivity (Wildman–Crippen MR) is 251 cm³/mol. The van der Waals surface area contributed by atoms with E-state index in [2.05, 4.69) is 93.7 Å². The molecule has 0 saturated heterocycles. The van der Waals surface area contributed by atoms with E-state index in [9.17, 15) is 14.4 Å². The first kappa shape index (κ1) is 55.6. The van der Waals surface area contributed by atoms with Gasteiger partial charge >= 0.3 is 17.9 Å². The molecule has 336 valence electrons. The number of ether oxygens (including phenoxy) is 3. The van der Waals surface area contributed by atoms with E-state index in [1.165, 1.54) is 103 Å². The van der Waals surface area contributed by atoms with Crippen molar-refractivity contribution < 1.29 is 28.6 Å². The zero-order valence-electron chi connectivity index (χ0n) is 38.2. The van der Waals surface area contributed by atoms with Gasteiger partial charge in [-0.1, -0.05) is 202 Å². The molecular weight excluding hydrogens is 733 g/mol. The van der Waals surface area contributed by atoms with Crippen molar-refractivity contribution in [2.45, 2.75) is 219 Å². The van der Waals surface area contributed by atoms with Gasteiger partial charge in [-0.05, 0) is 77.0 Å². The number of rotatable bonds is 42. The van der Waals surface area contributed by atoms with E-state index in [1.807, 2.05) is 12.2 Å². The zero-order valence-corrected chi connectivity index (χ0v) is 38.2. The molecule has 0 radical (unpaired) electrons. The second kappa shape index (κ2) is 47.3. The number of carbonyl (C=O) groups excluding carboxylic acids is 3. The van der Waals surface area contributed by atoms with Crippen LogP contribution in [0.2, 0.25) is 0 Å². The molecule has 0 rings (SSSR count). The molecule has 0 aromatic rings. The van der Waals surface area contributed by atoms with Crippen LogP contribution in [0.25, 0.3) is 0 Å². The summed E-state index contributed by atoms with van der Waals surface area (Å²) < 4.78 is 16.6. The molecule has 0 aliphatic heterocycles. The standard InChI is InChI=1S/C53H88O6/c1-4-7-10-13-16-19-22-25-26-29-31-34-37-40-43-46-52(55)58-49-50(59-53(56)47-44-41-38-35-32-28-24-21-18-15-12-9-6-3)48-57-51(54)45-42-39-36-33-30-27-23-20-17-14-11-8-5-2/h7,10,13,16,19,22,27-28,30,32,36,38-39,41,50H,4-6,8-9,11-12,14-15,17-18,20-21,23-26,29,31,33-35,37,40,42-49H2,1-3H3/b10-7-,16-13-,22-19-,30-27-,32-28-,39-36-,41-38-. The van der Waals surface area contributed by atoms with Gasteiger partial charge in [0, 0.05) is 19.3 Å². The first-order valence-corrected chi connectivity index (χ1v) is 24.1. The molecule has 0 N–H and O–H groups in total. The molecule has 0 bridgehead atoms. The lowest BCUT2D eigenvalue weighted by Crippen LogP contribution is -2.30. The van der Waals surface area contributed by atoms with E-state index < -0.39 is 12.1 Å². The molecule has 6 heteroatoms. The van der Waals surface area contributed by atoms with Gasteiger partial charge < -0.3 is 14.2 Å². The molecule has 0 aliphatic carbocycles. The second-order valence-corrected chi connectivity index (χ2v) is 15.7. The first-order valence-electron chi connectivity index (χ1n) is 24.1. The Morgan fingerprint density at radius 3 is 1.25 bits per heavy atom. The van der Waals surface area contributed by atoms with Gasteiger partial charge in [0.15, 0.2) is 6.10 Å². The van der Waals surface area contributed by atoms with Gasteiger partial charge in [0.1, 0.15) is 13.2 Å². The van der Waals surface area contributed by atoms with E-state index in [1.54, 1.807) is 0 Å². The number of esters is 3. The highest BCUT2D eigenvalue weighted by Gasteiger charge is 2.19. The third-order valence-electron chi connectivity index (χ3n) is 9.94. The molecule has 0 fully saturated rings. The normalized spacial score (nSPS) is 12.8. The smallest absolute Gasteiger partial charge is 0.306 e. The lowest BCUT2D eigenvalue weighted by molar-refractivity contribution is -0.166. The van der Waals surface area contributed by atoms with Gasteiger partial charge in [-0.2, -0.15) is 0 Å².